The summed E-state index contributed by atoms with van der Waals surface area (Å²) in [7, 11) is 2.83. The Kier molecular flexibility index (Phi) is 4.43. The Balaban J connectivity index is 1.96. The van der Waals surface area contributed by atoms with Crippen molar-refractivity contribution in [1.82, 2.24) is 0 Å². The van der Waals surface area contributed by atoms with Crippen molar-refractivity contribution in [3.63, 3.8) is 0 Å². The number of esters is 2. The molecule has 3 aromatic rings. The highest BCUT2D eigenvalue weighted by atomic mass is 16.6. The first-order valence-corrected chi connectivity index (χ1v) is 7.51. The van der Waals surface area contributed by atoms with E-state index in [0.717, 1.165) is 5.39 Å². The smallest absolute Gasteiger partial charge is 0.379 e. The van der Waals surface area contributed by atoms with Gasteiger partial charge in [0.25, 0.3) is 0 Å². The van der Waals surface area contributed by atoms with Crippen molar-refractivity contribution in [2.45, 2.75) is 6.92 Å². The zero-order chi connectivity index (χ0) is 18.0. The zero-order valence-corrected chi connectivity index (χ0v) is 14.0. The molecule has 0 unspecified atom stereocenters. The number of hydrogen-bond acceptors (Lipinski definition) is 6. The number of benzene rings is 2. The summed E-state index contributed by atoms with van der Waals surface area (Å²) in [6.45, 7) is 1.76. The first-order valence-electron chi connectivity index (χ1n) is 7.51. The molecule has 6 heteroatoms. The van der Waals surface area contributed by atoms with Crippen LogP contribution < -0.4 is 9.47 Å². The lowest BCUT2D eigenvalue weighted by molar-refractivity contribution is 0.0591. The van der Waals surface area contributed by atoms with E-state index in [0.29, 0.717) is 16.9 Å². The maximum absolute atomic E-state index is 12.5. The first kappa shape index (κ1) is 16.6. The van der Waals surface area contributed by atoms with Crippen molar-refractivity contribution < 1.29 is 28.2 Å². The number of furan rings is 1. The molecule has 0 bridgehead atoms. The van der Waals surface area contributed by atoms with E-state index in [1.54, 1.807) is 44.4 Å². The van der Waals surface area contributed by atoms with Crippen molar-refractivity contribution in [2.75, 3.05) is 14.2 Å². The number of carbonyl (C=O) groups is 2. The van der Waals surface area contributed by atoms with Gasteiger partial charge in [-0.05, 0) is 37.3 Å². The molecule has 0 atom stereocenters. The minimum Gasteiger partial charge on any atom is -0.497 e. The van der Waals surface area contributed by atoms with E-state index >= 15 is 0 Å². The summed E-state index contributed by atoms with van der Waals surface area (Å²) in [6, 6.07) is 11.6. The van der Waals surface area contributed by atoms with Crippen LogP contribution in [0.3, 0.4) is 0 Å². The van der Waals surface area contributed by atoms with E-state index in [1.165, 1.54) is 19.2 Å². The summed E-state index contributed by atoms with van der Waals surface area (Å²) < 4.78 is 20.9. The predicted molar refractivity (Wildman–Crippen MR) is 90.2 cm³/mol. The lowest BCUT2D eigenvalue weighted by atomic mass is 10.1. The molecule has 0 aliphatic rings. The molecule has 6 nitrogen and oxygen atoms in total. The number of hydrogen-bond donors (Lipinski definition) is 0. The number of methoxy groups -OCH3 is 2. The van der Waals surface area contributed by atoms with Crippen molar-refractivity contribution in [3.8, 4) is 11.5 Å². The highest BCUT2D eigenvalue weighted by Gasteiger charge is 2.22. The van der Waals surface area contributed by atoms with E-state index in [1.807, 2.05) is 0 Å². The van der Waals surface area contributed by atoms with Gasteiger partial charge in [-0.25, -0.2) is 9.59 Å². The van der Waals surface area contributed by atoms with Crippen LogP contribution >= 0.6 is 0 Å². The average Bonchev–Trinajstić information content (AvgIpc) is 2.97. The second-order valence-corrected chi connectivity index (χ2v) is 5.30. The van der Waals surface area contributed by atoms with E-state index < -0.39 is 11.9 Å². The van der Waals surface area contributed by atoms with E-state index in [9.17, 15) is 9.59 Å². The summed E-state index contributed by atoms with van der Waals surface area (Å²) in [6.07, 6.45) is 0. The third-order valence-electron chi connectivity index (χ3n) is 3.82. The monoisotopic (exact) mass is 340 g/mol. The van der Waals surface area contributed by atoms with Gasteiger partial charge in [0.1, 0.15) is 22.6 Å². The second kappa shape index (κ2) is 6.68. The van der Waals surface area contributed by atoms with Crippen LogP contribution in [0.4, 0.5) is 0 Å². The Morgan fingerprint density at radius 2 is 1.76 bits per heavy atom. The van der Waals surface area contributed by atoms with Crippen LogP contribution in [0.2, 0.25) is 0 Å². The molecule has 0 radical (unpaired) electrons. The fraction of sp³-hybridized carbons (Fsp3) is 0.158. The van der Waals surface area contributed by atoms with E-state index in [-0.39, 0.29) is 17.1 Å². The number of aryl methyl sites for hydroxylation is 1. The average molecular weight is 340 g/mol. The third-order valence-corrected chi connectivity index (χ3v) is 3.82. The minimum absolute atomic E-state index is 0.0721. The van der Waals surface area contributed by atoms with Gasteiger partial charge in [-0.3, -0.25) is 0 Å². The number of ether oxygens (including phenoxy) is 3. The molecular formula is C19H16O6. The largest absolute Gasteiger partial charge is 0.497 e. The topological polar surface area (TPSA) is 75.0 Å². The SMILES string of the molecule is COC(=O)c1ccccc1OC(=O)c1oc2ccc(OC)cc2c1C. The zero-order valence-electron chi connectivity index (χ0n) is 14.0. The molecule has 128 valence electrons. The van der Waals surface area contributed by atoms with Crippen molar-refractivity contribution in [1.29, 1.82) is 0 Å². The quantitative estimate of drug-likeness (QED) is 0.532. The van der Waals surface area contributed by atoms with Crippen LogP contribution in [0.1, 0.15) is 26.5 Å². The van der Waals surface area contributed by atoms with Crippen LogP contribution in [-0.4, -0.2) is 26.2 Å². The molecule has 0 aliphatic heterocycles. The van der Waals surface area contributed by atoms with Gasteiger partial charge in [0.05, 0.1) is 14.2 Å². The van der Waals surface area contributed by atoms with Crippen molar-refractivity contribution in [3.05, 3.63) is 59.4 Å². The van der Waals surface area contributed by atoms with Gasteiger partial charge in [0, 0.05) is 10.9 Å². The van der Waals surface area contributed by atoms with E-state index in [4.69, 9.17) is 18.6 Å². The highest BCUT2D eigenvalue weighted by Crippen LogP contribution is 2.30. The lowest BCUT2D eigenvalue weighted by Crippen LogP contribution is -2.12. The molecular weight excluding hydrogens is 324 g/mol. The second-order valence-electron chi connectivity index (χ2n) is 5.30. The molecule has 0 saturated heterocycles. The Morgan fingerprint density at radius 1 is 1.00 bits per heavy atom. The molecule has 2 aromatic carbocycles. The van der Waals surface area contributed by atoms with Gasteiger partial charge in [0.2, 0.25) is 5.76 Å². The van der Waals surface area contributed by atoms with Crippen molar-refractivity contribution >= 4 is 22.9 Å². The van der Waals surface area contributed by atoms with Crippen LogP contribution in [0.25, 0.3) is 11.0 Å². The summed E-state index contributed by atoms with van der Waals surface area (Å²) in [5, 5.41) is 0.757. The lowest BCUT2D eigenvalue weighted by Gasteiger charge is -2.07. The molecule has 0 saturated carbocycles. The summed E-state index contributed by atoms with van der Waals surface area (Å²) >= 11 is 0. The molecule has 1 heterocycles. The molecule has 0 aliphatic carbocycles. The van der Waals surface area contributed by atoms with Crippen molar-refractivity contribution in [2.24, 2.45) is 0 Å². The Labute approximate surface area is 143 Å². The number of para-hydroxylation sites is 1. The van der Waals surface area contributed by atoms with Gasteiger partial charge in [-0.1, -0.05) is 12.1 Å². The Bertz CT molecular complexity index is 954. The maximum Gasteiger partial charge on any atom is 0.379 e. The minimum atomic E-state index is -0.691. The van der Waals surface area contributed by atoms with Gasteiger partial charge in [0.15, 0.2) is 0 Å². The van der Waals surface area contributed by atoms with Crippen LogP contribution in [-0.2, 0) is 4.74 Å². The van der Waals surface area contributed by atoms with Gasteiger partial charge >= 0.3 is 11.9 Å². The third kappa shape index (κ3) is 3.06. The van der Waals surface area contributed by atoms with Crippen LogP contribution in [0, 0.1) is 6.92 Å². The summed E-state index contributed by atoms with van der Waals surface area (Å²) in [5.41, 5.74) is 1.34. The highest BCUT2D eigenvalue weighted by molar-refractivity contribution is 5.99. The maximum atomic E-state index is 12.5. The normalized spacial score (nSPS) is 10.5. The number of rotatable bonds is 4. The number of carbonyl (C=O) groups excluding carboxylic acids is 2. The Morgan fingerprint density at radius 3 is 2.48 bits per heavy atom. The van der Waals surface area contributed by atoms with Gasteiger partial charge < -0.3 is 18.6 Å². The standard InChI is InChI=1S/C19H16O6/c1-11-14-10-12(22-2)8-9-16(14)24-17(11)19(21)25-15-7-5-4-6-13(15)18(20)23-3/h4-10H,1-3H3. The first-order chi connectivity index (χ1) is 12.0. The molecule has 0 fully saturated rings. The molecule has 0 N–H and O–H groups in total. The van der Waals surface area contributed by atoms with Gasteiger partial charge in [-0.15, -0.1) is 0 Å². The molecule has 0 spiro atoms. The predicted octanol–water partition coefficient (Wildman–Crippen LogP) is 3.76. The summed E-state index contributed by atoms with van der Waals surface area (Å²) in [5.74, 6) is -0.439. The Hall–Kier alpha value is -3.28. The van der Waals surface area contributed by atoms with E-state index in [2.05, 4.69) is 0 Å². The fourth-order valence-electron chi connectivity index (χ4n) is 2.50. The van der Waals surface area contributed by atoms with Gasteiger partial charge in [-0.2, -0.15) is 0 Å². The number of fused-ring (bicyclic) bond motifs is 1. The van der Waals surface area contributed by atoms with Crippen LogP contribution in [0.15, 0.2) is 46.9 Å². The molecule has 25 heavy (non-hydrogen) atoms. The molecule has 1 aromatic heterocycles. The molecule has 0 amide bonds. The summed E-state index contributed by atoms with van der Waals surface area (Å²) in [4.78, 5) is 24.3. The molecule has 3 rings (SSSR count). The fourth-order valence-corrected chi connectivity index (χ4v) is 2.50. The van der Waals surface area contributed by atoms with Crippen LogP contribution in [0.5, 0.6) is 11.5 Å².